The summed E-state index contributed by atoms with van der Waals surface area (Å²) < 4.78 is 6.35. The molecule has 1 N–H and O–H groups in total. The van der Waals surface area contributed by atoms with E-state index in [9.17, 15) is 24.5 Å². The van der Waals surface area contributed by atoms with Crippen molar-refractivity contribution in [1.29, 1.82) is 0 Å². The summed E-state index contributed by atoms with van der Waals surface area (Å²) in [5, 5.41) is 17.9. The van der Waals surface area contributed by atoms with Gasteiger partial charge in [0.15, 0.2) is 0 Å². The first-order valence-electron chi connectivity index (χ1n) is 8.92. The van der Waals surface area contributed by atoms with Gasteiger partial charge < -0.3 is 15.0 Å². The highest BCUT2D eigenvalue weighted by Crippen LogP contribution is 2.35. The van der Waals surface area contributed by atoms with Crippen molar-refractivity contribution in [2.75, 3.05) is 19.4 Å². The van der Waals surface area contributed by atoms with Gasteiger partial charge in [-0.15, -0.1) is 11.3 Å². The number of rotatable bonds is 6. The Morgan fingerprint density at radius 1 is 1.27 bits per heavy atom. The summed E-state index contributed by atoms with van der Waals surface area (Å²) in [6.07, 6.45) is -0.422. The Morgan fingerprint density at radius 2 is 1.87 bits per heavy atom. The lowest BCUT2D eigenvalue weighted by Crippen LogP contribution is -2.21. The van der Waals surface area contributed by atoms with E-state index >= 15 is 0 Å². The van der Waals surface area contributed by atoms with Crippen LogP contribution in [0.3, 0.4) is 0 Å². The first-order valence-corrected chi connectivity index (χ1v) is 9.73. The largest absolute Gasteiger partial charge is 0.459 e. The maximum absolute atomic E-state index is 12.9. The molecule has 0 saturated carbocycles. The van der Waals surface area contributed by atoms with E-state index in [4.69, 9.17) is 4.74 Å². The van der Waals surface area contributed by atoms with Crippen LogP contribution in [0, 0.1) is 24.0 Å². The molecule has 30 heavy (non-hydrogen) atoms. The van der Waals surface area contributed by atoms with E-state index in [1.807, 2.05) is 0 Å². The average molecular weight is 437 g/mol. The Kier molecular flexibility index (Phi) is 6.60. The first kappa shape index (κ1) is 23.0. The van der Waals surface area contributed by atoms with Crippen LogP contribution in [-0.4, -0.2) is 57.6 Å². The average Bonchev–Trinajstić information content (AvgIpc) is 3.09. The molecule has 2 rings (SSSR count). The molecule has 2 heterocycles. The summed E-state index contributed by atoms with van der Waals surface area (Å²) in [7, 11) is 4.53. The predicted molar refractivity (Wildman–Crippen MR) is 110 cm³/mol. The van der Waals surface area contributed by atoms with E-state index in [1.54, 1.807) is 34.9 Å². The standard InChI is InChI=1S/C18H23N5O6S/c1-8(2)29-18(26)11-9(3)14(17(25)21(5)6)30-16(11)19-15(24)13-12(23(27)28)10(4)20-22(13)7/h8H,1-7H3,(H,19,24). The molecule has 0 aromatic carbocycles. The second kappa shape index (κ2) is 8.61. The van der Waals surface area contributed by atoms with E-state index in [0.29, 0.717) is 5.56 Å². The number of aryl methyl sites for hydroxylation is 2. The Morgan fingerprint density at radius 3 is 2.37 bits per heavy atom. The van der Waals surface area contributed by atoms with E-state index in [2.05, 4.69) is 10.4 Å². The Labute approximate surface area is 176 Å². The minimum Gasteiger partial charge on any atom is -0.459 e. The van der Waals surface area contributed by atoms with Gasteiger partial charge >= 0.3 is 11.7 Å². The molecule has 2 amide bonds. The van der Waals surface area contributed by atoms with E-state index in [1.165, 1.54) is 18.9 Å². The van der Waals surface area contributed by atoms with Crippen molar-refractivity contribution in [1.82, 2.24) is 14.7 Å². The van der Waals surface area contributed by atoms with Gasteiger partial charge in [-0.1, -0.05) is 0 Å². The third kappa shape index (κ3) is 4.32. The summed E-state index contributed by atoms with van der Waals surface area (Å²) in [5.41, 5.74) is -0.228. The number of carbonyl (C=O) groups is 3. The molecule has 11 nitrogen and oxygen atoms in total. The molecule has 0 radical (unpaired) electrons. The van der Waals surface area contributed by atoms with Gasteiger partial charge in [0.25, 0.3) is 11.8 Å². The van der Waals surface area contributed by atoms with Gasteiger partial charge in [0.05, 0.1) is 21.5 Å². The molecule has 0 saturated heterocycles. The molecule has 162 valence electrons. The fourth-order valence-electron chi connectivity index (χ4n) is 2.81. The molecule has 2 aromatic rings. The number of esters is 1. The number of nitrogens with zero attached hydrogens (tertiary/aromatic N) is 4. The van der Waals surface area contributed by atoms with Crippen LogP contribution in [0.5, 0.6) is 0 Å². The van der Waals surface area contributed by atoms with Crippen LogP contribution in [0.25, 0.3) is 0 Å². The fraction of sp³-hybridized carbons (Fsp3) is 0.444. The highest BCUT2D eigenvalue weighted by Gasteiger charge is 2.32. The minimum absolute atomic E-state index is 0.0359. The van der Waals surface area contributed by atoms with Crippen LogP contribution >= 0.6 is 11.3 Å². The molecule has 0 spiro atoms. The third-order valence-corrected chi connectivity index (χ3v) is 5.30. The minimum atomic E-state index is -0.825. The molecule has 0 atom stereocenters. The summed E-state index contributed by atoms with van der Waals surface area (Å²) in [4.78, 5) is 50.3. The van der Waals surface area contributed by atoms with Crippen molar-refractivity contribution in [3.8, 4) is 0 Å². The van der Waals surface area contributed by atoms with Gasteiger partial charge in [-0.05, 0) is 33.3 Å². The van der Waals surface area contributed by atoms with Crippen LogP contribution in [0.2, 0.25) is 0 Å². The van der Waals surface area contributed by atoms with Crippen LogP contribution in [0.15, 0.2) is 0 Å². The van der Waals surface area contributed by atoms with E-state index in [-0.39, 0.29) is 32.7 Å². The van der Waals surface area contributed by atoms with Gasteiger partial charge in [-0.3, -0.25) is 24.4 Å². The number of anilines is 1. The summed E-state index contributed by atoms with van der Waals surface area (Å²) in [6, 6.07) is 0. The van der Waals surface area contributed by atoms with Crippen LogP contribution in [0.1, 0.15) is 55.6 Å². The number of nitrogens with one attached hydrogen (secondary N) is 1. The monoisotopic (exact) mass is 437 g/mol. The zero-order valence-electron chi connectivity index (χ0n) is 17.7. The number of hydrogen-bond donors (Lipinski definition) is 1. The number of carbonyl (C=O) groups excluding carboxylic acids is 3. The highest BCUT2D eigenvalue weighted by atomic mass is 32.1. The zero-order chi connectivity index (χ0) is 22.9. The van der Waals surface area contributed by atoms with Crippen molar-refractivity contribution in [2.24, 2.45) is 7.05 Å². The molecule has 2 aromatic heterocycles. The van der Waals surface area contributed by atoms with Crippen molar-refractivity contribution < 1.29 is 24.0 Å². The fourth-order valence-corrected chi connectivity index (χ4v) is 4.02. The smallest absolute Gasteiger partial charge is 0.341 e. The van der Waals surface area contributed by atoms with E-state index < -0.39 is 28.6 Å². The molecule has 0 aliphatic carbocycles. The molecule has 0 bridgehead atoms. The van der Waals surface area contributed by atoms with Gasteiger partial charge in [-0.2, -0.15) is 5.10 Å². The zero-order valence-corrected chi connectivity index (χ0v) is 18.5. The second-order valence-electron chi connectivity index (χ2n) is 7.03. The van der Waals surface area contributed by atoms with Crippen molar-refractivity contribution in [3.63, 3.8) is 0 Å². The second-order valence-corrected chi connectivity index (χ2v) is 8.05. The van der Waals surface area contributed by atoms with Crippen molar-refractivity contribution >= 4 is 39.8 Å². The van der Waals surface area contributed by atoms with Crippen LogP contribution in [-0.2, 0) is 11.8 Å². The van der Waals surface area contributed by atoms with Crippen molar-refractivity contribution in [2.45, 2.75) is 33.8 Å². The summed E-state index contributed by atoms with van der Waals surface area (Å²) in [5.74, 6) is -1.88. The summed E-state index contributed by atoms with van der Waals surface area (Å²) >= 11 is 0.904. The van der Waals surface area contributed by atoms with Gasteiger partial charge in [0, 0.05) is 21.1 Å². The van der Waals surface area contributed by atoms with Crippen LogP contribution in [0.4, 0.5) is 10.7 Å². The molecule has 0 aliphatic heterocycles. The Hall–Kier alpha value is -3.28. The first-order chi connectivity index (χ1) is 13.9. The predicted octanol–water partition coefficient (Wildman–Crippen LogP) is 2.53. The normalized spacial score (nSPS) is 10.8. The quantitative estimate of drug-likeness (QED) is 0.416. The van der Waals surface area contributed by atoms with Crippen LogP contribution < -0.4 is 5.32 Å². The molecular formula is C18H23N5O6S. The number of hydrogen-bond acceptors (Lipinski definition) is 8. The SMILES string of the molecule is Cc1nn(C)c(C(=O)Nc2sc(C(=O)N(C)C)c(C)c2C(=O)OC(C)C)c1[N+](=O)[O-]. The van der Waals surface area contributed by atoms with Crippen molar-refractivity contribution in [3.05, 3.63) is 37.5 Å². The molecule has 0 unspecified atom stereocenters. The highest BCUT2D eigenvalue weighted by molar-refractivity contribution is 7.18. The lowest BCUT2D eigenvalue weighted by molar-refractivity contribution is -0.385. The number of nitro groups is 1. The van der Waals surface area contributed by atoms with Gasteiger partial charge in [-0.25, -0.2) is 4.79 Å². The molecule has 0 aliphatic rings. The molecule has 0 fully saturated rings. The number of amides is 2. The number of thiophene rings is 1. The lowest BCUT2D eigenvalue weighted by atomic mass is 10.1. The number of aromatic nitrogens is 2. The lowest BCUT2D eigenvalue weighted by Gasteiger charge is -2.11. The molecule has 12 heteroatoms. The Bertz CT molecular complexity index is 1040. The molecular weight excluding hydrogens is 414 g/mol. The summed E-state index contributed by atoms with van der Waals surface area (Å²) in [6.45, 7) is 6.34. The van der Waals surface area contributed by atoms with Gasteiger partial charge in [0.2, 0.25) is 5.69 Å². The maximum Gasteiger partial charge on any atom is 0.341 e. The van der Waals surface area contributed by atoms with Gasteiger partial charge in [0.1, 0.15) is 10.7 Å². The third-order valence-electron chi connectivity index (χ3n) is 4.11. The Balaban J connectivity index is 2.57. The number of ether oxygens (including phenoxy) is 1. The maximum atomic E-state index is 12.9. The topological polar surface area (TPSA) is 137 Å². The van der Waals surface area contributed by atoms with E-state index in [0.717, 1.165) is 16.0 Å².